The number of hydrogen-bond donors (Lipinski definition) is 0. The fourth-order valence-electron chi connectivity index (χ4n) is 1.61. The van der Waals surface area contributed by atoms with Gasteiger partial charge in [0.2, 0.25) is 0 Å². The van der Waals surface area contributed by atoms with Crippen LogP contribution < -0.4 is 0 Å². The molecule has 0 spiro atoms. The minimum Gasteiger partial charge on any atom is -0.349 e. The minimum absolute atomic E-state index is 0.337. The van der Waals surface area contributed by atoms with E-state index in [0.717, 1.165) is 11.1 Å². The maximum Gasteiger partial charge on any atom is 0.183 e. The van der Waals surface area contributed by atoms with Crippen molar-refractivity contribution < 1.29 is 9.47 Å². The van der Waals surface area contributed by atoms with Gasteiger partial charge in [0.25, 0.3) is 0 Å². The van der Waals surface area contributed by atoms with Crippen molar-refractivity contribution in [2.75, 3.05) is 13.2 Å². The molecule has 0 radical (unpaired) electrons. The molecule has 16 heavy (non-hydrogen) atoms. The van der Waals surface area contributed by atoms with Crippen LogP contribution in [-0.4, -0.2) is 19.5 Å². The van der Waals surface area contributed by atoms with E-state index >= 15 is 0 Å². The van der Waals surface area contributed by atoms with Crippen molar-refractivity contribution >= 4 is 5.57 Å². The second-order valence-electron chi connectivity index (χ2n) is 3.58. The molecule has 2 nitrogen and oxygen atoms in total. The highest BCUT2D eigenvalue weighted by Gasteiger charge is 2.15. The summed E-state index contributed by atoms with van der Waals surface area (Å²) < 4.78 is 11.1. The normalized spacial score (nSPS) is 10.8. The molecule has 0 heterocycles. The molecule has 1 aromatic carbocycles. The van der Waals surface area contributed by atoms with Crippen LogP contribution in [0.5, 0.6) is 0 Å². The van der Waals surface area contributed by atoms with Crippen molar-refractivity contribution in [2.24, 2.45) is 0 Å². The Balaban J connectivity index is 2.85. The Bertz CT molecular complexity index is 338. The third-order valence-corrected chi connectivity index (χ3v) is 2.41. The second-order valence-corrected chi connectivity index (χ2v) is 3.58. The third kappa shape index (κ3) is 3.19. The smallest absolute Gasteiger partial charge is 0.183 e. The zero-order valence-electron chi connectivity index (χ0n) is 10.3. The molecule has 1 rings (SSSR count). The number of aryl methyl sites for hydroxylation is 1. The van der Waals surface area contributed by atoms with Gasteiger partial charge in [-0.15, -0.1) is 0 Å². The SMILES string of the molecule is C=C(c1ccccc1C)C(OCC)OCC. The average molecular weight is 220 g/mol. The van der Waals surface area contributed by atoms with E-state index in [1.807, 2.05) is 32.0 Å². The van der Waals surface area contributed by atoms with E-state index in [9.17, 15) is 0 Å². The van der Waals surface area contributed by atoms with Crippen molar-refractivity contribution in [1.82, 2.24) is 0 Å². The van der Waals surface area contributed by atoms with Gasteiger partial charge < -0.3 is 9.47 Å². The molecule has 0 saturated carbocycles. The Hall–Kier alpha value is -1.12. The molecule has 0 aliphatic carbocycles. The summed E-state index contributed by atoms with van der Waals surface area (Å²) in [7, 11) is 0. The maximum atomic E-state index is 5.53. The summed E-state index contributed by atoms with van der Waals surface area (Å²) in [6.07, 6.45) is -0.337. The lowest BCUT2D eigenvalue weighted by molar-refractivity contribution is -0.0963. The number of ether oxygens (including phenoxy) is 2. The predicted octanol–water partition coefficient (Wildman–Crippen LogP) is 3.41. The standard InChI is InChI=1S/C14H20O2/c1-5-15-14(16-6-2)12(4)13-10-8-7-9-11(13)3/h7-10,14H,4-6H2,1-3H3. The lowest BCUT2D eigenvalue weighted by Crippen LogP contribution is -2.19. The van der Waals surface area contributed by atoms with E-state index in [4.69, 9.17) is 9.47 Å². The summed E-state index contributed by atoms with van der Waals surface area (Å²) in [6.45, 7) is 11.3. The van der Waals surface area contributed by atoms with Crippen LogP contribution in [0.3, 0.4) is 0 Å². The van der Waals surface area contributed by atoms with Crippen LogP contribution in [0, 0.1) is 6.92 Å². The molecule has 2 heteroatoms. The zero-order valence-corrected chi connectivity index (χ0v) is 10.3. The molecule has 0 unspecified atom stereocenters. The molecule has 0 N–H and O–H groups in total. The summed E-state index contributed by atoms with van der Waals surface area (Å²) >= 11 is 0. The fraction of sp³-hybridized carbons (Fsp3) is 0.429. The lowest BCUT2D eigenvalue weighted by atomic mass is 10.0. The molecule has 1 aromatic rings. The predicted molar refractivity (Wildman–Crippen MR) is 67.3 cm³/mol. The number of hydrogen-bond acceptors (Lipinski definition) is 2. The first-order chi connectivity index (χ1) is 7.70. The summed E-state index contributed by atoms with van der Waals surface area (Å²) in [6, 6.07) is 8.13. The van der Waals surface area contributed by atoms with Gasteiger partial charge in [0.05, 0.1) is 0 Å². The Morgan fingerprint density at radius 3 is 2.25 bits per heavy atom. The summed E-state index contributed by atoms with van der Waals surface area (Å²) in [5.41, 5.74) is 3.19. The van der Waals surface area contributed by atoms with Crippen molar-refractivity contribution in [3.05, 3.63) is 42.0 Å². The van der Waals surface area contributed by atoms with E-state index in [1.165, 1.54) is 5.56 Å². The zero-order chi connectivity index (χ0) is 12.0. The molecule has 0 aliphatic rings. The summed E-state index contributed by atoms with van der Waals surface area (Å²) in [5.74, 6) is 0. The van der Waals surface area contributed by atoms with Gasteiger partial charge in [-0.25, -0.2) is 0 Å². The van der Waals surface area contributed by atoms with Gasteiger partial charge in [-0.3, -0.25) is 0 Å². The highest BCUT2D eigenvalue weighted by Crippen LogP contribution is 2.22. The fourth-order valence-corrected chi connectivity index (χ4v) is 1.61. The van der Waals surface area contributed by atoms with Crippen LogP contribution >= 0.6 is 0 Å². The largest absolute Gasteiger partial charge is 0.349 e. The minimum atomic E-state index is -0.337. The topological polar surface area (TPSA) is 18.5 Å². The van der Waals surface area contributed by atoms with Gasteiger partial charge in [0.15, 0.2) is 6.29 Å². The van der Waals surface area contributed by atoms with Crippen LogP contribution in [0.15, 0.2) is 30.8 Å². The third-order valence-electron chi connectivity index (χ3n) is 2.41. The first kappa shape index (κ1) is 12.9. The van der Waals surface area contributed by atoms with E-state index in [2.05, 4.69) is 19.6 Å². The van der Waals surface area contributed by atoms with Gasteiger partial charge in [-0.1, -0.05) is 30.8 Å². The molecule has 0 atom stereocenters. The quantitative estimate of drug-likeness (QED) is 0.684. The van der Waals surface area contributed by atoms with Crippen molar-refractivity contribution in [3.8, 4) is 0 Å². The van der Waals surface area contributed by atoms with Crippen LogP contribution in [0.1, 0.15) is 25.0 Å². The molecule has 0 saturated heterocycles. The van der Waals surface area contributed by atoms with E-state index < -0.39 is 0 Å². The van der Waals surface area contributed by atoms with Crippen molar-refractivity contribution in [3.63, 3.8) is 0 Å². The van der Waals surface area contributed by atoms with Gasteiger partial charge in [-0.2, -0.15) is 0 Å². The molecule has 0 aliphatic heterocycles. The van der Waals surface area contributed by atoms with Crippen LogP contribution in [-0.2, 0) is 9.47 Å². The molecule has 0 fully saturated rings. The first-order valence-corrected chi connectivity index (χ1v) is 5.68. The summed E-state index contributed by atoms with van der Waals surface area (Å²) in [4.78, 5) is 0. The first-order valence-electron chi connectivity index (χ1n) is 5.68. The number of benzene rings is 1. The Kier molecular flexibility index (Phi) is 5.23. The molecule has 0 bridgehead atoms. The van der Waals surface area contributed by atoms with E-state index in [1.54, 1.807) is 0 Å². The molecular formula is C14H20O2. The van der Waals surface area contributed by atoms with Gasteiger partial charge >= 0.3 is 0 Å². The number of rotatable bonds is 6. The molecule has 88 valence electrons. The van der Waals surface area contributed by atoms with E-state index in [-0.39, 0.29) is 6.29 Å². The monoisotopic (exact) mass is 220 g/mol. The second kappa shape index (κ2) is 6.46. The van der Waals surface area contributed by atoms with Gasteiger partial charge in [0, 0.05) is 18.8 Å². The van der Waals surface area contributed by atoms with Crippen molar-refractivity contribution in [1.29, 1.82) is 0 Å². The lowest BCUT2D eigenvalue weighted by Gasteiger charge is -2.20. The highest BCUT2D eigenvalue weighted by molar-refractivity contribution is 5.68. The van der Waals surface area contributed by atoms with Gasteiger partial charge in [-0.05, 0) is 31.9 Å². The highest BCUT2D eigenvalue weighted by atomic mass is 16.7. The molecular weight excluding hydrogens is 200 g/mol. The van der Waals surface area contributed by atoms with Crippen LogP contribution in [0.4, 0.5) is 0 Å². The Morgan fingerprint density at radius 1 is 1.19 bits per heavy atom. The average Bonchev–Trinajstić information content (AvgIpc) is 2.28. The van der Waals surface area contributed by atoms with Crippen LogP contribution in [0.2, 0.25) is 0 Å². The molecule has 0 aromatic heterocycles. The van der Waals surface area contributed by atoms with Crippen molar-refractivity contribution in [2.45, 2.75) is 27.1 Å². The van der Waals surface area contributed by atoms with E-state index in [0.29, 0.717) is 13.2 Å². The maximum absolute atomic E-state index is 5.53. The summed E-state index contributed by atoms with van der Waals surface area (Å²) in [5, 5.41) is 0. The van der Waals surface area contributed by atoms with Crippen LogP contribution in [0.25, 0.3) is 5.57 Å². The van der Waals surface area contributed by atoms with Gasteiger partial charge in [0.1, 0.15) is 0 Å². The Labute approximate surface area is 97.9 Å². The Morgan fingerprint density at radius 2 is 1.75 bits per heavy atom. The molecule has 0 amide bonds.